The van der Waals surface area contributed by atoms with E-state index in [1.807, 2.05) is 0 Å². The molecule has 0 aliphatic carbocycles. The van der Waals surface area contributed by atoms with E-state index in [4.69, 9.17) is 0 Å². The maximum Gasteiger partial charge on any atom is 0.225 e. The zero-order chi connectivity index (χ0) is 11.8. The van der Waals surface area contributed by atoms with Crippen molar-refractivity contribution in [3.8, 4) is 0 Å². The number of carbonyl (C=O) groups excluding carboxylic acids is 1. The molecule has 0 spiro atoms. The van der Waals surface area contributed by atoms with Crippen LogP contribution in [0.4, 0.5) is 10.1 Å². The molecule has 1 aliphatic rings. The molecule has 1 aromatic carbocycles. The molecule has 1 unspecified atom stereocenters. The fourth-order valence-electron chi connectivity index (χ4n) is 2.19. The summed E-state index contributed by atoms with van der Waals surface area (Å²) in [6.45, 7) is 0. The smallest absolute Gasteiger partial charge is 0.225 e. The van der Waals surface area contributed by atoms with Crippen molar-refractivity contribution in [3.63, 3.8) is 0 Å². The minimum absolute atomic E-state index is 0.0573. The zero-order valence-electron chi connectivity index (χ0n) is 8.90. The first kappa shape index (κ1) is 10.0. The highest BCUT2D eigenvalue weighted by atomic mass is 19.1. The molecule has 3 rings (SSSR count). The number of anilines is 1. The van der Waals surface area contributed by atoms with Crippen LogP contribution in [0.2, 0.25) is 0 Å². The second-order valence-corrected chi connectivity index (χ2v) is 4.07. The first-order chi connectivity index (χ1) is 8.24. The quantitative estimate of drug-likeness (QED) is 0.788. The van der Waals surface area contributed by atoms with E-state index in [0.717, 1.165) is 11.1 Å². The van der Waals surface area contributed by atoms with Crippen LogP contribution in [0.25, 0.3) is 0 Å². The van der Waals surface area contributed by atoms with Gasteiger partial charge in [0.2, 0.25) is 5.91 Å². The number of carbonyl (C=O) groups is 1. The Bertz CT molecular complexity index is 565. The third-order valence-electron chi connectivity index (χ3n) is 2.98. The van der Waals surface area contributed by atoms with Crippen molar-refractivity contribution in [2.45, 2.75) is 12.3 Å². The number of hydrogen-bond acceptors (Lipinski definition) is 2. The number of nitrogens with one attached hydrogen (secondary N) is 2. The van der Waals surface area contributed by atoms with Crippen LogP contribution in [0, 0.1) is 5.82 Å². The summed E-state index contributed by atoms with van der Waals surface area (Å²) >= 11 is 0. The summed E-state index contributed by atoms with van der Waals surface area (Å²) < 4.78 is 13.1. The molecule has 4 nitrogen and oxygen atoms in total. The summed E-state index contributed by atoms with van der Waals surface area (Å²) in [7, 11) is 0. The second-order valence-electron chi connectivity index (χ2n) is 4.07. The standard InChI is InChI=1S/C12H10FN3O/c13-8-1-2-9-10(7-5-14-15-6-7)4-12(17)16-11(9)3-8/h1-3,5-6,10H,4H2,(H,14,15)(H,16,17). The van der Waals surface area contributed by atoms with Crippen molar-refractivity contribution in [2.75, 3.05) is 5.32 Å². The van der Waals surface area contributed by atoms with Gasteiger partial charge in [0.05, 0.1) is 6.20 Å². The highest BCUT2D eigenvalue weighted by Crippen LogP contribution is 2.36. The maximum absolute atomic E-state index is 13.1. The first-order valence-corrected chi connectivity index (χ1v) is 5.32. The minimum Gasteiger partial charge on any atom is -0.326 e. The molecule has 1 aromatic heterocycles. The Labute approximate surface area is 96.9 Å². The molecule has 0 saturated carbocycles. The number of halogens is 1. The molecule has 1 aliphatic heterocycles. The van der Waals surface area contributed by atoms with Gasteiger partial charge in [-0.15, -0.1) is 0 Å². The highest BCUT2D eigenvalue weighted by Gasteiger charge is 2.27. The Morgan fingerprint density at radius 1 is 1.41 bits per heavy atom. The molecular weight excluding hydrogens is 221 g/mol. The van der Waals surface area contributed by atoms with E-state index in [-0.39, 0.29) is 17.6 Å². The summed E-state index contributed by atoms with van der Waals surface area (Å²) in [5.74, 6) is -0.510. The number of hydrogen-bond donors (Lipinski definition) is 2. The van der Waals surface area contributed by atoms with Crippen LogP contribution in [0.5, 0.6) is 0 Å². The van der Waals surface area contributed by atoms with E-state index in [9.17, 15) is 9.18 Å². The zero-order valence-corrected chi connectivity index (χ0v) is 8.90. The van der Waals surface area contributed by atoms with Crippen molar-refractivity contribution in [1.29, 1.82) is 0 Å². The molecule has 0 saturated heterocycles. The van der Waals surface area contributed by atoms with Crippen LogP contribution < -0.4 is 5.32 Å². The molecule has 0 bridgehead atoms. The van der Waals surface area contributed by atoms with E-state index in [1.54, 1.807) is 18.5 Å². The van der Waals surface area contributed by atoms with Gasteiger partial charge >= 0.3 is 0 Å². The van der Waals surface area contributed by atoms with Gasteiger partial charge in [-0.1, -0.05) is 6.07 Å². The number of rotatable bonds is 1. The fourth-order valence-corrected chi connectivity index (χ4v) is 2.19. The van der Waals surface area contributed by atoms with Crippen molar-refractivity contribution in [1.82, 2.24) is 10.2 Å². The number of benzene rings is 1. The topological polar surface area (TPSA) is 57.8 Å². The van der Waals surface area contributed by atoms with Crippen LogP contribution in [0.15, 0.2) is 30.6 Å². The average molecular weight is 231 g/mol. The number of amides is 1. The van der Waals surface area contributed by atoms with E-state index >= 15 is 0 Å². The van der Waals surface area contributed by atoms with Gasteiger partial charge in [0.25, 0.3) is 0 Å². The molecule has 17 heavy (non-hydrogen) atoms. The van der Waals surface area contributed by atoms with Crippen molar-refractivity contribution >= 4 is 11.6 Å². The van der Waals surface area contributed by atoms with Gasteiger partial charge in [0.1, 0.15) is 5.82 Å². The Morgan fingerprint density at radius 2 is 2.29 bits per heavy atom. The Kier molecular flexibility index (Phi) is 2.18. The molecule has 0 fully saturated rings. The van der Waals surface area contributed by atoms with Crippen LogP contribution in [0.1, 0.15) is 23.5 Å². The molecule has 0 radical (unpaired) electrons. The van der Waals surface area contributed by atoms with Gasteiger partial charge in [-0.2, -0.15) is 5.10 Å². The fraction of sp³-hybridized carbons (Fsp3) is 0.167. The monoisotopic (exact) mass is 231 g/mol. The molecule has 2 heterocycles. The highest BCUT2D eigenvalue weighted by molar-refractivity contribution is 5.95. The van der Waals surface area contributed by atoms with Crippen LogP contribution >= 0.6 is 0 Å². The minimum atomic E-state index is -0.350. The van der Waals surface area contributed by atoms with Gasteiger partial charge in [-0.25, -0.2) is 4.39 Å². The van der Waals surface area contributed by atoms with Crippen LogP contribution in [-0.2, 0) is 4.79 Å². The largest absolute Gasteiger partial charge is 0.326 e. The first-order valence-electron chi connectivity index (χ1n) is 5.32. The molecule has 2 N–H and O–H groups in total. The third-order valence-corrected chi connectivity index (χ3v) is 2.98. The van der Waals surface area contributed by atoms with E-state index in [2.05, 4.69) is 15.5 Å². The van der Waals surface area contributed by atoms with Gasteiger partial charge in [-0.05, 0) is 23.3 Å². The Balaban J connectivity index is 2.11. The van der Waals surface area contributed by atoms with E-state index in [1.165, 1.54) is 12.1 Å². The number of aromatic amines is 1. The molecule has 5 heteroatoms. The SMILES string of the molecule is O=C1CC(c2cn[nH]c2)c2ccc(F)cc2N1. The average Bonchev–Trinajstić information content (AvgIpc) is 2.80. The Hall–Kier alpha value is -2.17. The summed E-state index contributed by atoms with van der Waals surface area (Å²) in [4.78, 5) is 11.6. The normalized spacial score (nSPS) is 18.6. The van der Waals surface area contributed by atoms with Gasteiger partial charge in [0, 0.05) is 24.2 Å². The number of nitrogens with zero attached hydrogens (tertiary/aromatic N) is 1. The molecule has 2 aromatic rings. The third kappa shape index (κ3) is 1.69. The molecule has 86 valence electrons. The molecule has 1 atom stereocenters. The van der Waals surface area contributed by atoms with Crippen molar-refractivity contribution < 1.29 is 9.18 Å². The lowest BCUT2D eigenvalue weighted by atomic mass is 9.86. The van der Waals surface area contributed by atoms with E-state index < -0.39 is 0 Å². The summed E-state index contributed by atoms with van der Waals surface area (Å²) in [6, 6.07) is 4.46. The van der Waals surface area contributed by atoms with Crippen molar-refractivity contribution in [3.05, 3.63) is 47.5 Å². The molecule has 1 amide bonds. The number of aromatic nitrogens is 2. The lowest BCUT2D eigenvalue weighted by Gasteiger charge is -2.24. The van der Waals surface area contributed by atoms with Gasteiger partial charge in [0.15, 0.2) is 0 Å². The van der Waals surface area contributed by atoms with E-state index in [0.29, 0.717) is 12.1 Å². The predicted octanol–water partition coefficient (Wildman–Crippen LogP) is 2.02. The lowest BCUT2D eigenvalue weighted by molar-refractivity contribution is -0.116. The van der Waals surface area contributed by atoms with Crippen molar-refractivity contribution in [2.24, 2.45) is 0 Å². The number of H-pyrrole nitrogens is 1. The summed E-state index contributed by atoms with van der Waals surface area (Å²) in [5.41, 5.74) is 2.41. The van der Waals surface area contributed by atoms with Gasteiger partial charge < -0.3 is 5.32 Å². The predicted molar refractivity (Wildman–Crippen MR) is 60.1 cm³/mol. The molecular formula is C12H10FN3O. The van der Waals surface area contributed by atoms with Crippen LogP contribution in [0.3, 0.4) is 0 Å². The summed E-state index contributed by atoms with van der Waals surface area (Å²) in [6.07, 6.45) is 3.81. The lowest BCUT2D eigenvalue weighted by Crippen LogP contribution is -2.23. The second kappa shape index (κ2) is 3.69. The van der Waals surface area contributed by atoms with Crippen LogP contribution in [-0.4, -0.2) is 16.1 Å². The van der Waals surface area contributed by atoms with Gasteiger partial charge in [-0.3, -0.25) is 9.89 Å². The summed E-state index contributed by atoms with van der Waals surface area (Å²) in [5, 5.41) is 9.29. The number of fused-ring (bicyclic) bond motifs is 1. The maximum atomic E-state index is 13.1. The Morgan fingerprint density at radius 3 is 3.06 bits per heavy atom.